The summed E-state index contributed by atoms with van der Waals surface area (Å²) < 4.78 is 5.64. The third-order valence-corrected chi connectivity index (χ3v) is 4.75. The second-order valence-corrected chi connectivity index (χ2v) is 7.00. The Bertz CT molecular complexity index is 935. The van der Waals surface area contributed by atoms with E-state index >= 15 is 0 Å². The highest BCUT2D eigenvalue weighted by Crippen LogP contribution is 2.27. The van der Waals surface area contributed by atoms with Crippen LogP contribution in [0.25, 0.3) is 0 Å². The number of thioether (sulfide) groups is 1. The highest BCUT2D eigenvalue weighted by Gasteiger charge is 2.11. The molecule has 0 saturated carbocycles. The topological polar surface area (TPSA) is 99.5 Å². The van der Waals surface area contributed by atoms with Crippen LogP contribution >= 0.6 is 11.8 Å². The number of pyridine rings is 2. The van der Waals surface area contributed by atoms with Crippen molar-refractivity contribution in [1.29, 1.82) is 5.26 Å². The third-order valence-electron chi connectivity index (χ3n) is 3.69. The Morgan fingerprint density at radius 1 is 1.30 bits per heavy atom. The molecule has 27 heavy (non-hydrogen) atoms. The lowest BCUT2D eigenvalue weighted by Crippen LogP contribution is -2.01. The van der Waals surface area contributed by atoms with Crippen molar-refractivity contribution >= 4 is 23.4 Å². The molecular weight excluding hydrogens is 360 g/mol. The largest absolute Gasteiger partial charge is 0.492 e. The van der Waals surface area contributed by atoms with Crippen LogP contribution in [0.2, 0.25) is 0 Å². The molecule has 3 rings (SSSR count). The van der Waals surface area contributed by atoms with Crippen LogP contribution < -0.4 is 10.1 Å². The first-order chi connectivity index (χ1) is 13.2. The smallest absolute Gasteiger partial charge is 0.153 e. The van der Waals surface area contributed by atoms with Gasteiger partial charge in [0.2, 0.25) is 0 Å². The standard InChI is InChI=1S/C19H20N6OS/c1-13-9-17(22-18-10-14(2)24-25-18)23-19(16(13)11-20)27-8-4-7-26-15-5-3-6-21-12-15/h3,5-6,9-10,12H,4,7-8H2,1-2H3,(H2,22,23,24,25). The lowest BCUT2D eigenvalue weighted by atomic mass is 10.2. The van der Waals surface area contributed by atoms with E-state index in [4.69, 9.17) is 4.74 Å². The van der Waals surface area contributed by atoms with Crippen LogP contribution in [0.4, 0.5) is 11.6 Å². The summed E-state index contributed by atoms with van der Waals surface area (Å²) in [5, 5.41) is 20.4. The molecule has 3 heterocycles. The molecule has 0 fully saturated rings. The molecule has 0 aliphatic carbocycles. The Morgan fingerprint density at radius 3 is 2.89 bits per heavy atom. The maximum Gasteiger partial charge on any atom is 0.153 e. The van der Waals surface area contributed by atoms with E-state index in [1.54, 1.807) is 24.2 Å². The highest BCUT2D eigenvalue weighted by molar-refractivity contribution is 7.99. The van der Waals surface area contributed by atoms with Crippen LogP contribution in [0.5, 0.6) is 5.75 Å². The molecule has 0 spiro atoms. The van der Waals surface area contributed by atoms with Gasteiger partial charge in [0.15, 0.2) is 5.82 Å². The minimum Gasteiger partial charge on any atom is -0.492 e. The van der Waals surface area contributed by atoms with Gasteiger partial charge in [-0.25, -0.2) is 4.98 Å². The van der Waals surface area contributed by atoms with E-state index in [2.05, 4.69) is 31.6 Å². The van der Waals surface area contributed by atoms with E-state index in [0.29, 0.717) is 28.8 Å². The van der Waals surface area contributed by atoms with Crippen molar-refractivity contribution < 1.29 is 4.74 Å². The number of hydrogen-bond acceptors (Lipinski definition) is 7. The van der Waals surface area contributed by atoms with E-state index in [1.165, 1.54) is 0 Å². The molecule has 0 atom stereocenters. The lowest BCUT2D eigenvalue weighted by Gasteiger charge is -2.10. The van der Waals surface area contributed by atoms with Crippen LogP contribution in [-0.2, 0) is 0 Å². The minimum absolute atomic E-state index is 0.587. The molecule has 7 nitrogen and oxygen atoms in total. The summed E-state index contributed by atoms with van der Waals surface area (Å²) in [7, 11) is 0. The van der Waals surface area contributed by atoms with Gasteiger partial charge in [0.05, 0.1) is 18.4 Å². The van der Waals surface area contributed by atoms with Crippen LogP contribution in [0.3, 0.4) is 0 Å². The third kappa shape index (κ3) is 5.21. The zero-order valence-corrected chi connectivity index (χ0v) is 16.0. The molecule has 0 unspecified atom stereocenters. The number of nitrogens with one attached hydrogen (secondary N) is 2. The summed E-state index contributed by atoms with van der Waals surface area (Å²) in [5.74, 6) is 2.93. The fraction of sp³-hybridized carbons (Fsp3) is 0.263. The summed E-state index contributed by atoms with van der Waals surface area (Å²) in [6, 6.07) is 9.74. The Labute approximate surface area is 162 Å². The van der Waals surface area contributed by atoms with Crippen molar-refractivity contribution in [1.82, 2.24) is 20.2 Å². The van der Waals surface area contributed by atoms with Gasteiger partial charge in [0.1, 0.15) is 22.7 Å². The maximum absolute atomic E-state index is 9.46. The van der Waals surface area contributed by atoms with Crippen LogP contribution in [0.15, 0.2) is 41.7 Å². The number of anilines is 2. The van der Waals surface area contributed by atoms with Crippen molar-refractivity contribution in [2.75, 3.05) is 17.7 Å². The number of aromatic amines is 1. The number of nitrogens with zero attached hydrogens (tertiary/aromatic N) is 4. The summed E-state index contributed by atoms with van der Waals surface area (Å²) in [6.07, 6.45) is 4.24. The molecule has 0 bridgehead atoms. The number of rotatable bonds is 8. The fourth-order valence-electron chi connectivity index (χ4n) is 2.41. The molecule has 0 aliphatic heterocycles. The van der Waals surface area contributed by atoms with E-state index in [1.807, 2.05) is 38.1 Å². The minimum atomic E-state index is 0.587. The summed E-state index contributed by atoms with van der Waals surface area (Å²) in [6.45, 7) is 4.44. The SMILES string of the molecule is Cc1cc(Nc2cc(C)c(C#N)c(SCCCOc3cccnc3)n2)n[nH]1. The van der Waals surface area contributed by atoms with Crippen LogP contribution in [-0.4, -0.2) is 32.5 Å². The molecule has 8 heteroatoms. The van der Waals surface area contributed by atoms with Gasteiger partial charge in [-0.3, -0.25) is 10.1 Å². The first-order valence-electron chi connectivity index (χ1n) is 8.52. The number of aromatic nitrogens is 4. The fourth-order valence-corrected chi connectivity index (χ4v) is 3.38. The summed E-state index contributed by atoms with van der Waals surface area (Å²) >= 11 is 1.55. The van der Waals surface area contributed by atoms with Gasteiger partial charge in [-0.05, 0) is 44.0 Å². The van der Waals surface area contributed by atoms with Gasteiger partial charge < -0.3 is 10.1 Å². The molecule has 2 N–H and O–H groups in total. The second kappa shape index (κ2) is 9.05. The molecule has 0 saturated heterocycles. The molecule has 3 aromatic rings. The summed E-state index contributed by atoms with van der Waals surface area (Å²) in [5.41, 5.74) is 2.46. The van der Waals surface area contributed by atoms with Gasteiger partial charge in [-0.2, -0.15) is 10.4 Å². The van der Waals surface area contributed by atoms with E-state index in [0.717, 1.165) is 29.2 Å². The van der Waals surface area contributed by atoms with Gasteiger partial charge in [-0.1, -0.05) is 0 Å². The maximum atomic E-state index is 9.46. The van der Waals surface area contributed by atoms with Gasteiger partial charge in [-0.15, -0.1) is 11.8 Å². The molecule has 0 radical (unpaired) electrons. The van der Waals surface area contributed by atoms with Crippen molar-refractivity contribution in [2.45, 2.75) is 25.3 Å². The van der Waals surface area contributed by atoms with Gasteiger partial charge in [0, 0.05) is 23.7 Å². The first-order valence-corrected chi connectivity index (χ1v) is 9.50. The quantitative estimate of drug-likeness (QED) is 0.450. The zero-order valence-electron chi connectivity index (χ0n) is 15.2. The Balaban J connectivity index is 1.60. The average Bonchev–Trinajstić information content (AvgIpc) is 3.07. The lowest BCUT2D eigenvalue weighted by molar-refractivity contribution is 0.317. The average molecular weight is 380 g/mol. The number of aryl methyl sites for hydroxylation is 2. The van der Waals surface area contributed by atoms with Crippen molar-refractivity contribution in [3.63, 3.8) is 0 Å². The van der Waals surface area contributed by atoms with Crippen molar-refractivity contribution in [2.24, 2.45) is 0 Å². The number of ether oxygens (including phenoxy) is 1. The zero-order chi connectivity index (χ0) is 19.1. The molecule has 3 aromatic heterocycles. The van der Waals surface area contributed by atoms with Crippen molar-refractivity contribution in [3.8, 4) is 11.8 Å². The Morgan fingerprint density at radius 2 is 2.19 bits per heavy atom. The van der Waals surface area contributed by atoms with E-state index < -0.39 is 0 Å². The number of hydrogen-bond donors (Lipinski definition) is 2. The number of nitriles is 1. The van der Waals surface area contributed by atoms with Crippen LogP contribution in [0, 0.1) is 25.2 Å². The highest BCUT2D eigenvalue weighted by atomic mass is 32.2. The van der Waals surface area contributed by atoms with Crippen LogP contribution in [0.1, 0.15) is 23.2 Å². The molecular formula is C19H20N6OS. The molecule has 0 aromatic carbocycles. The van der Waals surface area contributed by atoms with Gasteiger partial charge in [0.25, 0.3) is 0 Å². The molecule has 0 aliphatic rings. The first kappa shape index (κ1) is 18.7. The number of H-pyrrole nitrogens is 1. The van der Waals surface area contributed by atoms with Crippen molar-refractivity contribution in [3.05, 3.63) is 53.5 Å². The molecule has 138 valence electrons. The Kier molecular flexibility index (Phi) is 6.28. The monoisotopic (exact) mass is 380 g/mol. The molecule has 0 amide bonds. The predicted octanol–water partition coefficient (Wildman–Crippen LogP) is 3.99. The summed E-state index contributed by atoms with van der Waals surface area (Å²) in [4.78, 5) is 8.61. The van der Waals surface area contributed by atoms with E-state index in [-0.39, 0.29) is 0 Å². The second-order valence-electron chi connectivity index (χ2n) is 5.92. The normalized spacial score (nSPS) is 10.4. The predicted molar refractivity (Wildman–Crippen MR) is 105 cm³/mol. The van der Waals surface area contributed by atoms with E-state index in [9.17, 15) is 5.26 Å². The van der Waals surface area contributed by atoms with Gasteiger partial charge >= 0.3 is 0 Å². The Hall–Kier alpha value is -3.05.